The molecule has 3 aromatic rings. The maximum atomic E-state index is 12.6. The predicted octanol–water partition coefficient (Wildman–Crippen LogP) is 6.55. The van der Waals surface area contributed by atoms with Gasteiger partial charge in [0, 0.05) is 22.2 Å². The molecule has 3 nitrogen and oxygen atoms in total. The standard InChI is InChI=1S/C26H28INO2/c1-3-30-26(29)18-25(23-15-10-16-24(27)17-23)28(19-21-11-6-4-7-12-21)20(2)22-13-8-5-9-14-22/h4-17,20,25H,3,18-19H2,1-2H3/t20-,25+/m1/s1. The summed E-state index contributed by atoms with van der Waals surface area (Å²) in [7, 11) is 0. The maximum absolute atomic E-state index is 12.6. The normalized spacial score (nSPS) is 13.1. The number of carbonyl (C=O) groups excluding carboxylic acids is 1. The summed E-state index contributed by atoms with van der Waals surface area (Å²) in [5.74, 6) is -0.167. The lowest BCUT2D eigenvalue weighted by Gasteiger charge is -2.37. The van der Waals surface area contributed by atoms with Crippen molar-refractivity contribution in [3.05, 3.63) is 105 Å². The molecular formula is C26H28INO2. The number of nitrogens with zero attached hydrogens (tertiary/aromatic N) is 1. The minimum absolute atomic E-state index is 0.0887. The summed E-state index contributed by atoms with van der Waals surface area (Å²) in [4.78, 5) is 15.0. The number of benzene rings is 3. The molecule has 0 unspecified atom stereocenters. The number of ether oxygens (including phenoxy) is 1. The fourth-order valence-corrected chi connectivity index (χ4v) is 4.32. The first-order valence-electron chi connectivity index (χ1n) is 10.3. The first-order chi connectivity index (χ1) is 14.6. The zero-order chi connectivity index (χ0) is 21.3. The van der Waals surface area contributed by atoms with Gasteiger partial charge in [0.2, 0.25) is 0 Å². The van der Waals surface area contributed by atoms with Crippen LogP contribution in [-0.2, 0) is 16.1 Å². The molecule has 0 aliphatic heterocycles. The van der Waals surface area contributed by atoms with Gasteiger partial charge in [-0.1, -0.05) is 72.8 Å². The van der Waals surface area contributed by atoms with Crippen molar-refractivity contribution in [2.45, 2.75) is 38.9 Å². The van der Waals surface area contributed by atoms with Gasteiger partial charge in [0.25, 0.3) is 0 Å². The fraction of sp³-hybridized carbons (Fsp3) is 0.269. The zero-order valence-corrected chi connectivity index (χ0v) is 19.7. The van der Waals surface area contributed by atoms with Crippen molar-refractivity contribution >= 4 is 28.6 Å². The molecule has 3 aromatic carbocycles. The van der Waals surface area contributed by atoms with E-state index >= 15 is 0 Å². The monoisotopic (exact) mass is 513 g/mol. The number of rotatable bonds is 9. The Labute approximate surface area is 193 Å². The molecule has 0 aromatic heterocycles. The molecule has 156 valence electrons. The third-order valence-corrected chi connectivity index (χ3v) is 5.96. The van der Waals surface area contributed by atoms with Crippen molar-refractivity contribution in [2.24, 2.45) is 0 Å². The van der Waals surface area contributed by atoms with E-state index in [2.05, 4.69) is 107 Å². The van der Waals surface area contributed by atoms with Gasteiger partial charge in [-0.2, -0.15) is 0 Å². The van der Waals surface area contributed by atoms with Gasteiger partial charge in [-0.25, -0.2) is 0 Å². The minimum Gasteiger partial charge on any atom is -0.466 e. The second-order valence-corrected chi connectivity index (χ2v) is 8.57. The molecule has 0 N–H and O–H groups in total. The van der Waals surface area contributed by atoms with Crippen molar-refractivity contribution in [3.8, 4) is 0 Å². The Bertz CT molecular complexity index is 930. The van der Waals surface area contributed by atoms with E-state index in [0.29, 0.717) is 13.0 Å². The molecule has 0 radical (unpaired) electrons. The van der Waals surface area contributed by atoms with Crippen LogP contribution in [0.3, 0.4) is 0 Å². The van der Waals surface area contributed by atoms with Crippen LogP contribution in [0.2, 0.25) is 0 Å². The fourth-order valence-electron chi connectivity index (χ4n) is 3.75. The number of esters is 1. The quantitative estimate of drug-likeness (QED) is 0.240. The lowest BCUT2D eigenvalue weighted by atomic mass is 9.96. The van der Waals surface area contributed by atoms with E-state index in [0.717, 1.165) is 15.7 Å². The molecule has 0 aliphatic carbocycles. The van der Waals surface area contributed by atoms with Crippen LogP contribution in [-0.4, -0.2) is 17.5 Å². The van der Waals surface area contributed by atoms with Gasteiger partial charge in [0.05, 0.1) is 13.0 Å². The SMILES string of the molecule is CCOC(=O)C[C@@H](c1cccc(I)c1)N(Cc1ccccc1)[C@H](C)c1ccccc1. The first kappa shape index (κ1) is 22.5. The Morgan fingerprint density at radius 3 is 2.20 bits per heavy atom. The van der Waals surface area contributed by atoms with Crippen molar-refractivity contribution in [1.82, 2.24) is 4.90 Å². The van der Waals surface area contributed by atoms with Gasteiger partial charge in [0.1, 0.15) is 0 Å². The van der Waals surface area contributed by atoms with Gasteiger partial charge >= 0.3 is 5.97 Å². The van der Waals surface area contributed by atoms with E-state index in [1.54, 1.807) is 0 Å². The van der Waals surface area contributed by atoms with E-state index in [9.17, 15) is 4.79 Å². The molecule has 3 rings (SSSR count). The highest BCUT2D eigenvalue weighted by atomic mass is 127. The lowest BCUT2D eigenvalue weighted by molar-refractivity contribution is -0.145. The second kappa shape index (κ2) is 11.3. The van der Waals surface area contributed by atoms with Crippen LogP contribution in [0.15, 0.2) is 84.9 Å². The first-order valence-corrected chi connectivity index (χ1v) is 11.4. The summed E-state index contributed by atoms with van der Waals surface area (Å²) in [6.07, 6.45) is 0.317. The summed E-state index contributed by atoms with van der Waals surface area (Å²) < 4.78 is 6.50. The third-order valence-electron chi connectivity index (χ3n) is 5.29. The lowest BCUT2D eigenvalue weighted by Crippen LogP contribution is -2.33. The summed E-state index contributed by atoms with van der Waals surface area (Å²) in [5.41, 5.74) is 3.58. The number of carbonyl (C=O) groups is 1. The van der Waals surface area contributed by atoms with Crippen LogP contribution in [0.4, 0.5) is 0 Å². The van der Waals surface area contributed by atoms with E-state index in [1.165, 1.54) is 11.1 Å². The van der Waals surface area contributed by atoms with Gasteiger partial charge in [0.15, 0.2) is 0 Å². The highest BCUT2D eigenvalue weighted by Gasteiger charge is 2.29. The van der Waals surface area contributed by atoms with E-state index < -0.39 is 0 Å². The van der Waals surface area contributed by atoms with Crippen molar-refractivity contribution < 1.29 is 9.53 Å². The number of hydrogen-bond acceptors (Lipinski definition) is 3. The molecule has 0 fully saturated rings. The highest BCUT2D eigenvalue weighted by molar-refractivity contribution is 14.1. The van der Waals surface area contributed by atoms with Crippen molar-refractivity contribution in [2.75, 3.05) is 6.61 Å². The maximum Gasteiger partial charge on any atom is 0.307 e. The molecule has 0 bridgehead atoms. The van der Waals surface area contributed by atoms with Crippen molar-refractivity contribution in [3.63, 3.8) is 0 Å². The summed E-state index contributed by atoms with van der Waals surface area (Å²) >= 11 is 2.33. The van der Waals surface area contributed by atoms with Crippen LogP contribution >= 0.6 is 22.6 Å². The average Bonchev–Trinajstić information content (AvgIpc) is 2.77. The molecule has 30 heavy (non-hydrogen) atoms. The Morgan fingerprint density at radius 2 is 1.57 bits per heavy atom. The van der Waals surface area contributed by atoms with E-state index in [-0.39, 0.29) is 18.1 Å². The molecule has 4 heteroatoms. The smallest absolute Gasteiger partial charge is 0.307 e. The van der Waals surface area contributed by atoms with Gasteiger partial charge in [-0.05, 0) is 65.3 Å². The van der Waals surface area contributed by atoms with E-state index in [1.807, 2.05) is 19.1 Å². The van der Waals surface area contributed by atoms with Gasteiger partial charge < -0.3 is 4.74 Å². The molecule has 0 saturated carbocycles. The molecule has 0 spiro atoms. The molecule has 0 amide bonds. The molecule has 0 heterocycles. The largest absolute Gasteiger partial charge is 0.466 e. The predicted molar refractivity (Wildman–Crippen MR) is 130 cm³/mol. The van der Waals surface area contributed by atoms with Crippen LogP contribution in [0.5, 0.6) is 0 Å². The Morgan fingerprint density at radius 1 is 0.933 bits per heavy atom. The number of halogens is 1. The third kappa shape index (κ3) is 6.16. The number of hydrogen-bond donors (Lipinski definition) is 0. The molecule has 2 atom stereocenters. The van der Waals surface area contributed by atoms with Crippen molar-refractivity contribution in [1.29, 1.82) is 0 Å². The Kier molecular flexibility index (Phi) is 8.46. The van der Waals surface area contributed by atoms with Crippen LogP contribution in [0.25, 0.3) is 0 Å². The van der Waals surface area contributed by atoms with Gasteiger partial charge in [-0.3, -0.25) is 9.69 Å². The average molecular weight is 513 g/mol. The Hall–Kier alpha value is -2.18. The summed E-state index contributed by atoms with van der Waals surface area (Å²) in [5, 5.41) is 0. The summed E-state index contributed by atoms with van der Waals surface area (Å²) in [6, 6.07) is 29.4. The van der Waals surface area contributed by atoms with E-state index in [4.69, 9.17) is 4.74 Å². The molecular weight excluding hydrogens is 485 g/mol. The Balaban J connectivity index is 2.03. The second-order valence-electron chi connectivity index (χ2n) is 7.32. The van der Waals surface area contributed by atoms with Crippen LogP contribution in [0, 0.1) is 3.57 Å². The zero-order valence-electron chi connectivity index (χ0n) is 17.5. The van der Waals surface area contributed by atoms with Crippen LogP contribution in [0.1, 0.15) is 49.0 Å². The molecule has 0 saturated heterocycles. The van der Waals surface area contributed by atoms with Gasteiger partial charge in [-0.15, -0.1) is 0 Å². The summed E-state index contributed by atoms with van der Waals surface area (Å²) in [6.45, 7) is 5.20. The topological polar surface area (TPSA) is 29.5 Å². The molecule has 0 aliphatic rings. The van der Waals surface area contributed by atoms with Crippen LogP contribution < -0.4 is 0 Å². The minimum atomic E-state index is -0.167. The highest BCUT2D eigenvalue weighted by Crippen LogP contribution is 2.35.